The molecule has 0 N–H and O–H groups in total. The molecule has 0 fully saturated rings. The maximum atomic E-state index is 10.9. The molecule has 0 bridgehead atoms. The zero-order valence-electron chi connectivity index (χ0n) is 24.4. The largest absolute Gasteiger partial charge is 0.497 e. The Morgan fingerprint density at radius 3 is 2.09 bits per heavy atom. The minimum Gasteiger partial charge on any atom is -0.497 e. The number of ether oxygens (including phenoxy) is 4. The standard InChI is InChI=1S/C34H26IN3O7/c1-41-26-12-6-23(7-13-26)31-28(18-36)34(45-32(31)24-8-14-27(42-2)15-9-24)37-19-22-16-29(35)33(30(17-22)43-3)44-20-21-4-10-25(11-5-21)38(39)40/h4-17,19H,20H2,1-3H3. The zero-order valence-corrected chi connectivity index (χ0v) is 26.6. The molecule has 0 amide bonds. The van der Waals surface area contributed by atoms with Crippen molar-refractivity contribution in [2.24, 2.45) is 4.99 Å². The van der Waals surface area contributed by atoms with Gasteiger partial charge < -0.3 is 23.4 Å². The van der Waals surface area contributed by atoms with E-state index >= 15 is 0 Å². The van der Waals surface area contributed by atoms with Gasteiger partial charge in [0.2, 0.25) is 5.88 Å². The van der Waals surface area contributed by atoms with Gasteiger partial charge in [0.15, 0.2) is 11.5 Å². The molecule has 5 aromatic rings. The van der Waals surface area contributed by atoms with E-state index in [-0.39, 0.29) is 23.7 Å². The maximum Gasteiger partial charge on any atom is 0.269 e. The molecule has 0 atom stereocenters. The predicted molar refractivity (Wildman–Crippen MR) is 178 cm³/mol. The van der Waals surface area contributed by atoms with Gasteiger partial charge in [0.05, 0.1) is 29.8 Å². The molecule has 1 aromatic heterocycles. The molecule has 0 aliphatic heterocycles. The Morgan fingerprint density at radius 1 is 0.911 bits per heavy atom. The summed E-state index contributed by atoms with van der Waals surface area (Å²) in [5, 5.41) is 21.2. The highest BCUT2D eigenvalue weighted by Gasteiger charge is 2.23. The number of nitriles is 1. The molecule has 4 aromatic carbocycles. The van der Waals surface area contributed by atoms with Gasteiger partial charge in [0, 0.05) is 29.5 Å². The van der Waals surface area contributed by atoms with Crippen LogP contribution in [0, 0.1) is 25.0 Å². The Morgan fingerprint density at radius 2 is 1.53 bits per heavy atom. The third-order valence-corrected chi connectivity index (χ3v) is 7.65. The number of nitro groups is 1. The van der Waals surface area contributed by atoms with E-state index in [1.807, 2.05) is 54.6 Å². The summed E-state index contributed by atoms with van der Waals surface area (Å²) in [4.78, 5) is 15.1. The number of nitro benzene ring substituents is 1. The first-order valence-corrected chi connectivity index (χ1v) is 14.6. The lowest BCUT2D eigenvalue weighted by Crippen LogP contribution is -2.01. The van der Waals surface area contributed by atoms with Gasteiger partial charge >= 0.3 is 0 Å². The average Bonchev–Trinajstić information content (AvgIpc) is 3.45. The van der Waals surface area contributed by atoms with E-state index in [0.29, 0.717) is 39.9 Å². The van der Waals surface area contributed by atoms with Crippen LogP contribution in [0.4, 0.5) is 11.6 Å². The zero-order chi connectivity index (χ0) is 31.9. The summed E-state index contributed by atoms with van der Waals surface area (Å²) >= 11 is 2.14. The fraction of sp³-hybridized carbons (Fsp3) is 0.118. The number of non-ortho nitro benzene ring substituents is 1. The summed E-state index contributed by atoms with van der Waals surface area (Å²) in [5.41, 5.74) is 3.89. The number of methoxy groups -OCH3 is 3. The molecular formula is C34H26IN3O7. The highest BCUT2D eigenvalue weighted by molar-refractivity contribution is 14.1. The van der Waals surface area contributed by atoms with Gasteiger partial charge in [-0.25, -0.2) is 4.99 Å². The number of rotatable bonds is 11. The molecule has 0 saturated carbocycles. The van der Waals surface area contributed by atoms with Crippen molar-refractivity contribution in [1.29, 1.82) is 5.26 Å². The van der Waals surface area contributed by atoms with E-state index in [4.69, 9.17) is 23.4 Å². The van der Waals surface area contributed by atoms with Crippen molar-refractivity contribution < 1.29 is 28.3 Å². The van der Waals surface area contributed by atoms with Gasteiger partial charge in [-0.1, -0.05) is 12.1 Å². The lowest BCUT2D eigenvalue weighted by Gasteiger charge is -2.13. The fourth-order valence-electron chi connectivity index (χ4n) is 4.55. The van der Waals surface area contributed by atoms with Gasteiger partial charge in [-0.2, -0.15) is 5.26 Å². The summed E-state index contributed by atoms with van der Waals surface area (Å²) in [6.45, 7) is 0.192. The Kier molecular flexibility index (Phi) is 9.64. The molecule has 11 heteroatoms. The number of hydrogen-bond acceptors (Lipinski definition) is 9. The topological polar surface area (TPSA) is 129 Å². The molecule has 0 spiro atoms. The normalized spacial score (nSPS) is 10.8. The van der Waals surface area contributed by atoms with Gasteiger partial charge in [0.1, 0.15) is 35.5 Å². The van der Waals surface area contributed by atoms with Gasteiger partial charge in [-0.05, 0) is 99.9 Å². The molecule has 45 heavy (non-hydrogen) atoms. The van der Waals surface area contributed by atoms with Crippen LogP contribution in [0.25, 0.3) is 22.5 Å². The number of aliphatic imine (C=N–C) groups is 1. The van der Waals surface area contributed by atoms with Crippen LogP contribution in [-0.2, 0) is 6.61 Å². The monoisotopic (exact) mass is 715 g/mol. The molecule has 0 saturated heterocycles. The van der Waals surface area contributed by atoms with Crippen molar-refractivity contribution in [2.45, 2.75) is 6.61 Å². The van der Waals surface area contributed by atoms with Crippen molar-refractivity contribution in [2.75, 3.05) is 21.3 Å². The van der Waals surface area contributed by atoms with Gasteiger partial charge in [-0.15, -0.1) is 0 Å². The molecular weight excluding hydrogens is 689 g/mol. The third kappa shape index (κ3) is 6.91. The Labute approximate surface area is 272 Å². The highest BCUT2D eigenvalue weighted by Crippen LogP contribution is 2.43. The van der Waals surface area contributed by atoms with Crippen LogP contribution in [-0.4, -0.2) is 32.5 Å². The van der Waals surface area contributed by atoms with Crippen molar-refractivity contribution in [3.05, 3.63) is 115 Å². The predicted octanol–water partition coefficient (Wildman–Crippen LogP) is 8.35. The second kappa shape index (κ2) is 14.0. The third-order valence-electron chi connectivity index (χ3n) is 6.85. The molecule has 0 aliphatic rings. The van der Waals surface area contributed by atoms with E-state index in [0.717, 1.165) is 20.3 Å². The molecule has 0 radical (unpaired) electrons. The number of benzene rings is 4. The minimum absolute atomic E-state index is 0.0119. The number of halogens is 1. The van der Waals surface area contributed by atoms with E-state index in [2.05, 4.69) is 33.7 Å². The van der Waals surface area contributed by atoms with Crippen molar-refractivity contribution in [1.82, 2.24) is 0 Å². The van der Waals surface area contributed by atoms with Crippen LogP contribution in [0.15, 0.2) is 94.3 Å². The summed E-state index contributed by atoms with van der Waals surface area (Å²) in [5.74, 6) is 3.03. The quantitative estimate of drug-likeness (QED) is 0.0578. The van der Waals surface area contributed by atoms with Crippen molar-refractivity contribution in [3.8, 4) is 51.5 Å². The Bertz CT molecular complexity index is 1890. The molecule has 0 aliphatic carbocycles. The first-order valence-electron chi connectivity index (χ1n) is 13.5. The van der Waals surface area contributed by atoms with Crippen molar-refractivity contribution >= 4 is 40.4 Å². The van der Waals surface area contributed by atoms with Crippen LogP contribution in [0.1, 0.15) is 16.7 Å². The number of nitrogens with zero attached hydrogens (tertiary/aromatic N) is 3. The van der Waals surface area contributed by atoms with E-state index in [1.165, 1.54) is 19.2 Å². The SMILES string of the molecule is COc1ccc(-c2oc(N=Cc3cc(I)c(OCc4ccc([N+](=O)[O-])cc4)c(OC)c3)c(C#N)c2-c2ccc(OC)cc2)cc1. The second-order valence-electron chi connectivity index (χ2n) is 9.56. The van der Waals surface area contributed by atoms with E-state index < -0.39 is 4.92 Å². The fourth-order valence-corrected chi connectivity index (χ4v) is 5.33. The Hall–Kier alpha value is -5.35. The van der Waals surface area contributed by atoms with Crippen molar-refractivity contribution in [3.63, 3.8) is 0 Å². The van der Waals surface area contributed by atoms with Gasteiger partial charge in [-0.3, -0.25) is 10.1 Å². The maximum absolute atomic E-state index is 10.9. The summed E-state index contributed by atoms with van der Waals surface area (Å²) in [6.07, 6.45) is 1.60. The van der Waals surface area contributed by atoms with Crippen LogP contribution in [0.2, 0.25) is 0 Å². The molecule has 5 rings (SSSR count). The molecule has 10 nitrogen and oxygen atoms in total. The number of furan rings is 1. The lowest BCUT2D eigenvalue weighted by molar-refractivity contribution is -0.384. The smallest absolute Gasteiger partial charge is 0.269 e. The summed E-state index contributed by atoms with van der Waals surface area (Å²) in [7, 11) is 4.73. The average molecular weight is 716 g/mol. The Balaban J connectivity index is 1.48. The van der Waals surface area contributed by atoms with Crippen LogP contribution in [0.3, 0.4) is 0 Å². The number of hydrogen-bond donors (Lipinski definition) is 0. The summed E-state index contributed by atoms with van der Waals surface area (Å²) in [6, 6.07) is 26.8. The lowest BCUT2D eigenvalue weighted by atomic mass is 9.98. The molecule has 0 unspecified atom stereocenters. The van der Waals surface area contributed by atoms with Crippen LogP contribution >= 0.6 is 22.6 Å². The molecule has 1 heterocycles. The van der Waals surface area contributed by atoms with E-state index in [9.17, 15) is 15.4 Å². The van der Waals surface area contributed by atoms with Crippen LogP contribution < -0.4 is 18.9 Å². The van der Waals surface area contributed by atoms with E-state index in [1.54, 1.807) is 38.6 Å². The summed E-state index contributed by atoms with van der Waals surface area (Å²) < 4.78 is 29.3. The first kappa shape index (κ1) is 31.1. The van der Waals surface area contributed by atoms with Crippen LogP contribution in [0.5, 0.6) is 23.0 Å². The van der Waals surface area contributed by atoms with Gasteiger partial charge in [0.25, 0.3) is 5.69 Å². The second-order valence-corrected chi connectivity index (χ2v) is 10.7. The molecule has 226 valence electrons. The highest BCUT2D eigenvalue weighted by atomic mass is 127. The first-order chi connectivity index (χ1) is 21.8. The minimum atomic E-state index is -0.445.